The van der Waals surface area contributed by atoms with E-state index in [0.717, 1.165) is 19.3 Å². The zero-order valence-corrected chi connectivity index (χ0v) is 10.9. The van der Waals surface area contributed by atoms with Crippen LogP contribution >= 0.6 is 0 Å². The van der Waals surface area contributed by atoms with Gasteiger partial charge in [0, 0.05) is 6.54 Å². The molecule has 0 aromatic heterocycles. The molecule has 17 heavy (non-hydrogen) atoms. The minimum absolute atomic E-state index is 0.0993. The van der Waals surface area contributed by atoms with Crippen LogP contribution in [-0.2, 0) is 4.74 Å². The Hall–Kier alpha value is -0.770. The third-order valence-corrected chi connectivity index (χ3v) is 3.87. The van der Waals surface area contributed by atoms with Crippen molar-refractivity contribution < 1.29 is 14.6 Å². The van der Waals surface area contributed by atoms with Crippen LogP contribution in [-0.4, -0.2) is 29.4 Å². The van der Waals surface area contributed by atoms with Crippen LogP contribution in [0.3, 0.4) is 0 Å². The summed E-state index contributed by atoms with van der Waals surface area (Å²) in [6.07, 6.45) is 2.65. The lowest BCUT2D eigenvalue weighted by molar-refractivity contribution is 0.0499. The van der Waals surface area contributed by atoms with Gasteiger partial charge >= 0.3 is 6.09 Å². The standard InChI is InChI=1S/C13H23NO3/c1-13(2,3)17-12(16)14-7-10-5-9-4-8(10)6-11(9)15/h8-11,15H,4-7H2,1-3H3,(H,14,16)/t8-,9-,10+,11-/m1/s1. The molecule has 2 fully saturated rings. The van der Waals surface area contributed by atoms with Crippen LogP contribution in [0.5, 0.6) is 0 Å². The van der Waals surface area contributed by atoms with Crippen LogP contribution in [0, 0.1) is 17.8 Å². The molecule has 2 bridgehead atoms. The lowest BCUT2D eigenvalue weighted by Gasteiger charge is -2.26. The number of ether oxygens (including phenoxy) is 1. The van der Waals surface area contributed by atoms with Gasteiger partial charge in [-0.2, -0.15) is 0 Å². The van der Waals surface area contributed by atoms with Crippen LogP contribution in [0.1, 0.15) is 40.0 Å². The second kappa shape index (κ2) is 4.48. The molecule has 2 N–H and O–H groups in total. The highest BCUT2D eigenvalue weighted by atomic mass is 16.6. The van der Waals surface area contributed by atoms with E-state index in [1.165, 1.54) is 0 Å². The van der Waals surface area contributed by atoms with Crippen LogP contribution in [0.25, 0.3) is 0 Å². The summed E-state index contributed by atoms with van der Waals surface area (Å²) in [6, 6.07) is 0. The Morgan fingerprint density at radius 3 is 2.47 bits per heavy atom. The number of hydrogen-bond donors (Lipinski definition) is 2. The predicted octanol–water partition coefficient (Wildman–Crippen LogP) is 1.92. The second-order valence-electron chi connectivity index (χ2n) is 6.44. The summed E-state index contributed by atoms with van der Waals surface area (Å²) in [4.78, 5) is 11.5. The first kappa shape index (κ1) is 12.7. The number of aliphatic hydroxyl groups excluding tert-OH is 1. The molecule has 4 atom stereocenters. The molecule has 0 aromatic carbocycles. The van der Waals surface area contributed by atoms with Crippen molar-refractivity contribution in [3.8, 4) is 0 Å². The molecule has 0 aromatic rings. The molecule has 0 spiro atoms. The number of carbonyl (C=O) groups is 1. The number of alkyl carbamates (subject to hydrolysis) is 1. The minimum atomic E-state index is -0.436. The van der Waals surface area contributed by atoms with Crippen molar-refractivity contribution in [1.82, 2.24) is 5.32 Å². The number of amides is 1. The average Bonchev–Trinajstić information content (AvgIpc) is 2.70. The third-order valence-electron chi connectivity index (χ3n) is 3.87. The van der Waals surface area contributed by atoms with Gasteiger partial charge in [0.15, 0.2) is 0 Å². The number of hydrogen-bond acceptors (Lipinski definition) is 3. The van der Waals surface area contributed by atoms with Gasteiger partial charge in [0.1, 0.15) is 5.60 Å². The van der Waals surface area contributed by atoms with Crippen molar-refractivity contribution >= 4 is 6.09 Å². The summed E-state index contributed by atoms with van der Waals surface area (Å²) in [6.45, 7) is 6.27. The maximum Gasteiger partial charge on any atom is 0.407 e. The van der Waals surface area contributed by atoms with Crippen molar-refractivity contribution in [2.24, 2.45) is 17.8 Å². The summed E-state index contributed by atoms with van der Waals surface area (Å²) in [5, 5.41) is 12.5. The second-order valence-corrected chi connectivity index (χ2v) is 6.44. The summed E-state index contributed by atoms with van der Waals surface area (Å²) in [7, 11) is 0. The first-order chi connectivity index (χ1) is 7.85. The molecule has 1 amide bonds. The van der Waals surface area contributed by atoms with E-state index in [4.69, 9.17) is 4.74 Å². The average molecular weight is 241 g/mol. The third kappa shape index (κ3) is 3.12. The zero-order chi connectivity index (χ0) is 12.6. The van der Waals surface area contributed by atoms with Gasteiger partial charge in [-0.25, -0.2) is 4.79 Å². The fourth-order valence-corrected chi connectivity index (χ4v) is 3.14. The van der Waals surface area contributed by atoms with E-state index >= 15 is 0 Å². The van der Waals surface area contributed by atoms with Gasteiger partial charge < -0.3 is 15.2 Å². The van der Waals surface area contributed by atoms with E-state index < -0.39 is 5.60 Å². The maximum atomic E-state index is 11.5. The maximum absolute atomic E-state index is 11.5. The molecule has 0 heterocycles. The number of carbonyl (C=O) groups excluding carboxylic acids is 1. The number of fused-ring (bicyclic) bond motifs is 2. The monoisotopic (exact) mass is 241 g/mol. The van der Waals surface area contributed by atoms with Gasteiger partial charge in [-0.15, -0.1) is 0 Å². The van der Waals surface area contributed by atoms with Gasteiger partial charge in [-0.3, -0.25) is 0 Å². The first-order valence-electron chi connectivity index (χ1n) is 6.50. The number of nitrogens with one attached hydrogen (secondary N) is 1. The van der Waals surface area contributed by atoms with Gasteiger partial charge in [0.25, 0.3) is 0 Å². The molecule has 0 unspecified atom stereocenters. The lowest BCUT2D eigenvalue weighted by Crippen LogP contribution is -2.37. The van der Waals surface area contributed by atoms with E-state index in [9.17, 15) is 9.90 Å². The molecule has 2 aliphatic rings. The van der Waals surface area contributed by atoms with Crippen LogP contribution < -0.4 is 5.32 Å². The summed E-state index contributed by atoms with van der Waals surface area (Å²) in [5.74, 6) is 1.58. The molecule has 2 saturated carbocycles. The molecular weight excluding hydrogens is 218 g/mol. The van der Waals surface area contributed by atoms with Crippen LogP contribution in [0.2, 0.25) is 0 Å². The molecular formula is C13H23NO3. The van der Waals surface area contributed by atoms with Crippen molar-refractivity contribution in [3.63, 3.8) is 0 Å². The minimum Gasteiger partial charge on any atom is -0.444 e. The Bertz CT molecular complexity index is 296. The Morgan fingerprint density at radius 2 is 2.00 bits per heavy atom. The first-order valence-corrected chi connectivity index (χ1v) is 6.50. The van der Waals surface area contributed by atoms with Gasteiger partial charge in [-0.05, 0) is 57.8 Å². The largest absolute Gasteiger partial charge is 0.444 e. The zero-order valence-electron chi connectivity index (χ0n) is 10.9. The Balaban J connectivity index is 1.72. The molecule has 98 valence electrons. The van der Waals surface area contributed by atoms with E-state index in [1.807, 2.05) is 20.8 Å². The van der Waals surface area contributed by atoms with E-state index in [2.05, 4.69) is 5.32 Å². The number of rotatable bonds is 2. The van der Waals surface area contributed by atoms with Crippen molar-refractivity contribution in [1.29, 1.82) is 0 Å². The highest BCUT2D eigenvalue weighted by Gasteiger charge is 2.44. The summed E-state index contributed by atoms with van der Waals surface area (Å²) in [5.41, 5.74) is -0.436. The fourth-order valence-electron chi connectivity index (χ4n) is 3.14. The normalized spacial score (nSPS) is 36.0. The Kier molecular flexibility index (Phi) is 3.34. The predicted molar refractivity (Wildman–Crippen MR) is 64.6 cm³/mol. The van der Waals surface area contributed by atoms with E-state index in [1.54, 1.807) is 0 Å². The fraction of sp³-hybridized carbons (Fsp3) is 0.923. The Labute approximate surface area is 103 Å². The van der Waals surface area contributed by atoms with Crippen molar-refractivity contribution in [3.05, 3.63) is 0 Å². The van der Waals surface area contributed by atoms with Gasteiger partial charge in [0.2, 0.25) is 0 Å². The van der Waals surface area contributed by atoms with Gasteiger partial charge in [-0.1, -0.05) is 0 Å². The molecule has 2 aliphatic carbocycles. The molecule has 2 rings (SSSR count). The van der Waals surface area contributed by atoms with E-state index in [-0.39, 0.29) is 12.2 Å². The topological polar surface area (TPSA) is 58.6 Å². The smallest absolute Gasteiger partial charge is 0.407 e. The molecule has 0 radical (unpaired) electrons. The SMILES string of the molecule is CC(C)(C)OC(=O)NC[C@@H]1C[C@H]2C[C@@H]1C[C@H]2O. The highest BCUT2D eigenvalue weighted by Crippen LogP contribution is 2.48. The van der Waals surface area contributed by atoms with Crippen molar-refractivity contribution in [2.75, 3.05) is 6.54 Å². The summed E-state index contributed by atoms with van der Waals surface area (Å²) >= 11 is 0. The summed E-state index contributed by atoms with van der Waals surface area (Å²) < 4.78 is 5.20. The highest BCUT2D eigenvalue weighted by molar-refractivity contribution is 5.67. The van der Waals surface area contributed by atoms with E-state index in [0.29, 0.717) is 24.3 Å². The molecule has 4 heteroatoms. The van der Waals surface area contributed by atoms with Crippen LogP contribution in [0.15, 0.2) is 0 Å². The van der Waals surface area contributed by atoms with Gasteiger partial charge in [0.05, 0.1) is 6.10 Å². The lowest BCUT2D eigenvalue weighted by atomic mass is 9.87. The van der Waals surface area contributed by atoms with Crippen LogP contribution in [0.4, 0.5) is 4.79 Å². The van der Waals surface area contributed by atoms with Crippen molar-refractivity contribution in [2.45, 2.75) is 51.7 Å². The molecule has 4 nitrogen and oxygen atoms in total. The molecule has 0 aliphatic heterocycles. The quantitative estimate of drug-likeness (QED) is 0.776. The molecule has 0 saturated heterocycles. The Morgan fingerprint density at radius 1 is 1.29 bits per heavy atom. The number of aliphatic hydroxyl groups is 1.